The number of hydrogen-bond acceptors (Lipinski definition) is 7. The lowest BCUT2D eigenvalue weighted by Crippen LogP contribution is -2.26. The zero-order valence-electron chi connectivity index (χ0n) is 25.7. The van der Waals surface area contributed by atoms with E-state index in [9.17, 15) is 9.59 Å². The highest BCUT2D eigenvalue weighted by Crippen LogP contribution is 2.31. The van der Waals surface area contributed by atoms with Crippen molar-refractivity contribution >= 4 is 23.1 Å². The minimum absolute atomic E-state index is 0.150. The predicted molar refractivity (Wildman–Crippen MR) is 177 cm³/mol. The number of benzene rings is 2. The van der Waals surface area contributed by atoms with Crippen LogP contribution in [0.3, 0.4) is 0 Å². The maximum atomic E-state index is 14.3. The Bertz CT molecular complexity index is 1830. The SMILES string of the molecule is CCC1=CNc2c(n(-c3ccc(Oc4ccccn4)cc3)c(=O)n2-c2cccc(N(C)C(=O)C=CCN(C)C3CC3)c2)C(=N)C1. The average molecular weight is 604 g/mol. The second-order valence-electron chi connectivity index (χ2n) is 11.4. The van der Waals surface area contributed by atoms with Crippen LogP contribution in [0.2, 0.25) is 0 Å². The van der Waals surface area contributed by atoms with Gasteiger partial charge in [-0.3, -0.25) is 14.3 Å². The van der Waals surface area contributed by atoms with Crippen LogP contribution < -0.4 is 20.6 Å². The third-order valence-corrected chi connectivity index (χ3v) is 8.20. The summed E-state index contributed by atoms with van der Waals surface area (Å²) in [6.45, 7) is 2.77. The molecule has 2 aliphatic rings. The van der Waals surface area contributed by atoms with E-state index in [-0.39, 0.29) is 11.6 Å². The molecule has 6 rings (SSSR count). The second-order valence-corrected chi connectivity index (χ2v) is 11.4. The Morgan fingerprint density at radius 3 is 2.58 bits per heavy atom. The second kappa shape index (κ2) is 12.8. The first kappa shape index (κ1) is 29.8. The molecule has 1 saturated carbocycles. The van der Waals surface area contributed by atoms with E-state index in [1.807, 2.05) is 55.6 Å². The van der Waals surface area contributed by atoms with Crippen LogP contribution in [0.5, 0.6) is 11.6 Å². The molecule has 1 amide bonds. The quantitative estimate of drug-likeness (QED) is 0.218. The van der Waals surface area contributed by atoms with Crippen LogP contribution in [0, 0.1) is 5.41 Å². The number of carbonyl (C=O) groups is 1. The van der Waals surface area contributed by atoms with Gasteiger partial charge in [-0.05, 0) is 80.4 Å². The summed E-state index contributed by atoms with van der Waals surface area (Å²) in [7, 11) is 3.80. The number of imidazole rings is 1. The predicted octanol–water partition coefficient (Wildman–Crippen LogP) is 5.91. The van der Waals surface area contributed by atoms with Gasteiger partial charge in [0, 0.05) is 56.3 Å². The Kier molecular flexibility index (Phi) is 8.48. The first-order valence-corrected chi connectivity index (χ1v) is 15.2. The van der Waals surface area contributed by atoms with Crippen LogP contribution in [-0.4, -0.2) is 57.3 Å². The molecule has 0 spiro atoms. The molecule has 2 aromatic heterocycles. The number of pyridine rings is 1. The monoisotopic (exact) mass is 603 g/mol. The number of amides is 1. The fourth-order valence-corrected chi connectivity index (χ4v) is 5.41. The molecule has 4 aromatic rings. The van der Waals surface area contributed by atoms with Crippen molar-refractivity contribution in [3.05, 3.63) is 113 Å². The molecule has 3 heterocycles. The van der Waals surface area contributed by atoms with Gasteiger partial charge >= 0.3 is 5.69 Å². The van der Waals surface area contributed by atoms with E-state index in [1.165, 1.54) is 12.8 Å². The molecular formula is C35H37N7O3. The van der Waals surface area contributed by atoms with Crippen LogP contribution in [0.4, 0.5) is 11.5 Å². The number of hydrogen-bond donors (Lipinski definition) is 2. The van der Waals surface area contributed by atoms with Gasteiger partial charge in [0.25, 0.3) is 0 Å². The van der Waals surface area contributed by atoms with Gasteiger partial charge in [-0.2, -0.15) is 0 Å². The molecule has 1 aliphatic heterocycles. The molecule has 10 heteroatoms. The van der Waals surface area contributed by atoms with Gasteiger partial charge in [0.15, 0.2) is 0 Å². The highest BCUT2D eigenvalue weighted by molar-refractivity contribution is 6.04. The minimum atomic E-state index is -0.335. The van der Waals surface area contributed by atoms with Gasteiger partial charge in [-0.1, -0.05) is 25.1 Å². The normalized spacial score (nSPS) is 14.6. The first-order chi connectivity index (χ1) is 21.8. The van der Waals surface area contributed by atoms with E-state index in [0.717, 1.165) is 18.5 Å². The van der Waals surface area contributed by atoms with E-state index < -0.39 is 0 Å². The van der Waals surface area contributed by atoms with Crippen LogP contribution >= 0.6 is 0 Å². The fraction of sp³-hybridized carbons (Fsp3) is 0.257. The molecule has 1 fully saturated rings. The summed E-state index contributed by atoms with van der Waals surface area (Å²) >= 11 is 0. The number of likely N-dealkylation sites (N-methyl/N-ethyl adjacent to an activating group) is 2. The number of anilines is 2. The van der Waals surface area contributed by atoms with Gasteiger partial charge < -0.3 is 20.4 Å². The number of nitrogens with zero attached hydrogens (tertiary/aromatic N) is 5. The molecular weight excluding hydrogens is 566 g/mol. The lowest BCUT2D eigenvalue weighted by Gasteiger charge is -2.17. The Hall–Kier alpha value is -5.22. The van der Waals surface area contributed by atoms with Gasteiger partial charge in [-0.15, -0.1) is 0 Å². The van der Waals surface area contributed by atoms with Crippen molar-refractivity contribution in [1.82, 2.24) is 19.0 Å². The third kappa shape index (κ3) is 6.37. The molecule has 0 saturated heterocycles. The minimum Gasteiger partial charge on any atom is -0.439 e. The molecule has 10 nitrogen and oxygen atoms in total. The van der Waals surface area contributed by atoms with Crippen molar-refractivity contribution in [2.75, 3.05) is 30.9 Å². The first-order valence-electron chi connectivity index (χ1n) is 15.2. The summed E-state index contributed by atoms with van der Waals surface area (Å²) in [5.74, 6) is 1.39. The fourth-order valence-electron chi connectivity index (χ4n) is 5.41. The van der Waals surface area contributed by atoms with Crippen molar-refractivity contribution in [2.24, 2.45) is 0 Å². The van der Waals surface area contributed by atoms with E-state index in [0.29, 0.717) is 58.4 Å². The summed E-state index contributed by atoms with van der Waals surface area (Å²) in [4.78, 5) is 35.3. The van der Waals surface area contributed by atoms with Crippen molar-refractivity contribution < 1.29 is 9.53 Å². The molecule has 230 valence electrons. The molecule has 2 aromatic carbocycles. The largest absolute Gasteiger partial charge is 0.439 e. The summed E-state index contributed by atoms with van der Waals surface area (Å²) in [5, 5.41) is 12.4. The number of ether oxygens (including phenoxy) is 1. The van der Waals surface area contributed by atoms with Crippen molar-refractivity contribution in [2.45, 2.75) is 38.6 Å². The number of fused-ring (bicyclic) bond motifs is 1. The molecule has 0 bridgehead atoms. The van der Waals surface area contributed by atoms with Gasteiger partial charge in [-0.25, -0.2) is 14.3 Å². The standard InChI is InChI=1S/C35H37N7O3/c1-4-24-21-30(36)33-34(38-23-24)42(35(44)41(33)26-15-17-29(18-16-26)45-31-11-5-6-19-37-31)28-10-7-9-27(22-28)40(3)32(43)12-8-20-39(2)25-13-14-25/h5-12,15-19,22-23,25,36,38H,4,13-14,20-21H2,1-3H3. The number of allylic oxidation sites excluding steroid dienone is 1. The molecule has 0 radical (unpaired) electrons. The summed E-state index contributed by atoms with van der Waals surface area (Å²) in [6.07, 6.45) is 10.7. The Labute approximate surface area is 262 Å². The smallest absolute Gasteiger partial charge is 0.339 e. The maximum Gasteiger partial charge on any atom is 0.339 e. The average Bonchev–Trinajstić information content (AvgIpc) is 3.88. The van der Waals surface area contributed by atoms with E-state index >= 15 is 0 Å². The van der Waals surface area contributed by atoms with Crippen LogP contribution in [0.15, 0.2) is 102 Å². The van der Waals surface area contributed by atoms with E-state index in [4.69, 9.17) is 10.1 Å². The molecule has 45 heavy (non-hydrogen) atoms. The highest BCUT2D eigenvalue weighted by Gasteiger charge is 2.28. The number of aromatic nitrogens is 3. The Morgan fingerprint density at radius 1 is 1.07 bits per heavy atom. The molecule has 0 unspecified atom stereocenters. The Morgan fingerprint density at radius 2 is 1.87 bits per heavy atom. The lowest BCUT2D eigenvalue weighted by atomic mass is 10.1. The number of nitrogens with one attached hydrogen (secondary N) is 2. The van der Waals surface area contributed by atoms with Gasteiger partial charge in [0.1, 0.15) is 17.3 Å². The summed E-state index contributed by atoms with van der Waals surface area (Å²) in [6, 6.07) is 20.5. The van der Waals surface area contributed by atoms with E-state index in [1.54, 1.807) is 63.7 Å². The third-order valence-electron chi connectivity index (χ3n) is 8.20. The zero-order valence-corrected chi connectivity index (χ0v) is 25.7. The Balaban J connectivity index is 1.35. The van der Waals surface area contributed by atoms with Gasteiger partial charge in [0.05, 0.1) is 17.1 Å². The molecule has 2 N–H and O–H groups in total. The number of rotatable bonds is 10. The molecule has 0 atom stereocenters. The van der Waals surface area contributed by atoms with Crippen molar-refractivity contribution in [1.29, 1.82) is 5.41 Å². The zero-order chi connectivity index (χ0) is 31.5. The van der Waals surface area contributed by atoms with Crippen molar-refractivity contribution in [3.8, 4) is 23.0 Å². The highest BCUT2D eigenvalue weighted by atomic mass is 16.5. The summed E-state index contributed by atoms with van der Waals surface area (Å²) in [5.41, 5.74) is 3.36. The number of carbonyl (C=O) groups excluding carboxylic acids is 1. The summed E-state index contributed by atoms with van der Waals surface area (Å²) < 4.78 is 8.98. The molecule has 1 aliphatic carbocycles. The van der Waals surface area contributed by atoms with E-state index in [2.05, 4.69) is 22.2 Å². The van der Waals surface area contributed by atoms with Crippen LogP contribution in [0.1, 0.15) is 38.3 Å². The van der Waals surface area contributed by atoms with Gasteiger partial charge in [0.2, 0.25) is 11.8 Å². The van der Waals surface area contributed by atoms with Crippen LogP contribution in [-0.2, 0) is 4.79 Å². The van der Waals surface area contributed by atoms with Crippen LogP contribution in [0.25, 0.3) is 11.4 Å². The maximum absolute atomic E-state index is 14.3. The van der Waals surface area contributed by atoms with Crippen molar-refractivity contribution in [3.63, 3.8) is 0 Å². The topological polar surface area (TPSA) is 108 Å². The lowest BCUT2D eigenvalue weighted by molar-refractivity contribution is -0.113.